The third-order valence-electron chi connectivity index (χ3n) is 6.08. The van der Waals surface area contributed by atoms with E-state index in [0.717, 1.165) is 36.5 Å². The second-order valence-electron chi connectivity index (χ2n) is 8.80. The van der Waals surface area contributed by atoms with Crippen molar-refractivity contribution in [3.05, 3.63) is 117 Å². The van der Waals surface area contributed by atoms with Crippen LogP contribution in [0.3, 0.4) is 0 Å². The Balaban J connectivity index is 1.90. The standard InChI is InChI=1S/C30H31ClO/c1-4-5-16-29-28(27-20-26(31)18-17-23(27)19-22(2)3)21-30(32-29,24-12-8-6-9-13-24)25-14-10-7-11-15-25/h6-15,17-20H,4-5,16,21H2,1-3H3. The van der Waals surface area contributed by atoms with Gasteiger partial charge in [-0.15, -0.1) is 0 Å². The molecule has 0 saturated heterocycles. The smallest absolute Gasteiger partial charge is 0.163 e. The first-order chi connectivity index (χ1) is 15.5. The molecule has 2 heteroatoms. The average molecular weight is 443 g/mol. The van der Waals surface area contributed by atoms with E-state index in [2.05, 4.69) is 99.6 Å². The highest BCUT2D eigenvalue weighted by Gasteiger charge is 2.44. The van der Waals surface area contributed by atoms with E-state index >= 15 is 0 Å². The molecule has 0 fully saturated rings. The molecule has 0 aromatic heterocycles. The van der Waals surface area contributed by atoms with Crippen molar-refractivity contribution in [1.82, 2.24) is 0 Å². The van der Waals surface area contributed by atoms with Crippen LogP contribution in [0.2, 0.25) is 5.02 Å². The van der Waals surface area contributed by atoms with Crippen LogP contribution in [0.15, 0.2) is 90.2 Å². The van der Waals surface area contributed by atoms with Crippen LogP contribution >= 0.6 is 11.6 Å². The van der Waals surface area contributed by atoms with Crippen molar-refractivity contribution in [2.45, 2.75) is 52.1 Å². The van der Waals surface area contributed by atoms with Gasteiger partial charge in [-0.25, -0.2) is 0 Å². The summed E-state index contributed by atoms with van der Waals surface area (Å²) in [5, 5.41) is 0.755. The van der Waals surface area contributed by atoms with Crippen molar-refractivity contribution in [3.63, 3.8) is 0 Å². The summed E-state index contributed by atoms with van der Waals surface area (Å²) in [4.78, 5) is 0. The van der Waals surface area contributed by atoms with Gasteiger partial charge in [0.05, 0.1) is 0 Å². The number of unbranched alkanes of at least 4 members (excludes halogenated alkanes) is 1. The first kappa shape index (κ1) is 22.4. The van der Waals surface area contributed by atoms with Crippen LogP contribution in [0.25, 0.3) is 11.6 Å². The summed E-state index contributed by atoms with van der Waals surface area (Å²) in [5.41, 5.74) is 6.73. The van der Waals surface area contributed by atoms with Gasteiger partial charge in [0, 0.05) is 34.6 Å². The highest BCUT2D eigenvalue weighted by molar-refractivity contribution is 6.30. The Labute approximate surface area is 197 Å². The van der Waals surface area contributed by atoms with Crippen LogP contribution in [-0.4, -0.2) is 0 Å². The minimum atomic E-state index is -0.536. The summed E-state index contributed by atoms with van der Waals surface area (Å²) in [6.45, 7) is 6.49. The molecule has 0 unspecified atom stereocenters. The molecule has 32 heavy (non-hydrogen) atoms. The van der Waals surface area contributed by atoms with Gasteiger partial charge in [-0.1, -0.05) is 103 Å². The molecule has 1 nitrogen and oxygen atoms in total. The lowest BCUT2D eigenvalue weighted by Gasteiger charge is -2.31. The maximum Gasteiger partial charge on any atom is 0.163 e. The lowest BCUT2D eigenvalue weighted by atomic mass is 9.80. The first-order valence-electron chi connectivity index (χ1n) is 11.5. The fraction of sp³-hybridized carbons (Fsp3) is 0.267. The van der Waals surface area contributed by atoms with E-state index in [-0.39, 0.29) is 0 Å². The number of allylic oxidation sites excluding steroid dienone is 2. The molecule has 0 radical (unpaired) electrons. The van der Waals surface area contributed by atoms with Gasteiger partial charge >= 0.3 is 0 Å². The predicted octanol–water partition coefficient (Wildman–Crippen LogP) is 9.03. The molecule has 0 saturated carbocycles. The molecule has 3 aromatic carbocycles. The topological polar surface area (TPSA) is 9.23 Å². The van der Waals surface area contributed by atoms with Crippen molar-refractivity contribution in [3.8, 4) is 0 Å². The molecule has 1 heterocycles. The van der Waals surface area contributed by atoms with Gasteiger partial charge in [-0.2, -0.15) is 0 Å². The van der Waals surface area contributed by atoms with Crippen LogP contribution < -0.4 is 0 Å². The Morgan fingerprint density at radius 2 is 1.56 bits per heavy atom. The highest BCUT2D eigenvalue weighted by Crippen LogP contribution is 2.51. The Kier molecular flexibility index (Phi) is 6.86. The van der Waals surface area contributed by atoms with Crippen molar-refractivity contribution < 1.29 is 4.74 Å². The largest absolute Gasteiger partial charge is 0.481 e. The minimum absolute atomic E-state index is 0.536. The lowest BCUT2D eigenvalue weighted by Crippen LogP contribution is -2.27. The second kappa shape index (κ2) is 9.79. The molecule has 164 valence electrons. The fourth-order valence-corrected chi connectivity index (χ4v) is 4.74. The third kappa shape index (κ3) is 4.54. The maximum atomic E-state index is 7.01. The molecule has 0 aliphatic carbocycles. The van der Waals surface area contributed by atoms with Crippen molar-refractivity contribution in [2.24, 2.45) is 0 Å². The monoisotopic (exact) mass is 442 g/mol. The van der Waals surface area contributed by atoms with Crippen LogP contribution in [0, 0.1) is 0 Å². The number of benzene rings is 3. The van der Waals surface area contributed by atoms with Gasteiger partial charge in [0.1, 0.15) is 5.76 Å². The van der Waals surface area contributed by atoms with Crippen molar-refractivity contribution >= 4 is 23.3 Å². The Morgan fingerprint density at radius 3 is 2.12 bits per heavy atom. The van der Waals surface area contributed by atoms with Gasteiger partial charge in [0.15, 0.2) is 5.60 Å². The molecular formula is C30H31ClO. The van der Waals surface area contributed by atoms with Crippen LogP contribution in [0.4, 0.5) is 0 Å². The molecule has 0 spiro atoms. The van der Waals surface area contributed by atoms with Gasteiger partial charge in [-0.05, 0) is 43.5 Å². The van der Waals surface area contributed by atoms with E-state index in [1.807, 2.05) is 6.07 Å². The average Bonchev–Trinajstić information content (AvgIpc) is 3.20. The molecule has 0 bridgehead atoms. The maximum absolute atomic E-state index is 7.01. The summed E-state index contributed by atoms with van der Waals surface area (Å²) in [6, 6.07) is 27.5. The summed E-state index contributed by atoms with van der Waals surface area (Å²) < 4.78 is 7.01. The normalized spacial score (nSPS) is 14.9. The summed E-state index contributed by atoms with van der Waals surface area (Å²) in [5.74, 6) is 1.09. The fourth-order valence-electron chi connectivity index (χ4n) is 4.57. The van der Waals surface area contributed by atoms with E-state index in [1.165, 1.54) is 33.4 Å². The summed E-state index contributed by atoms with van der Waals surface area (Å²) in [6.07, 6.45) is 6.16. The SMILES string of the molecule is CCCCC1=C(c2cc(Cl)ccc2C=C(C)C)CC(c2ccccc2)(c2ccccc2)O1. The predicted molar refractivity (Wildman–Crippen MR) is 137 cm³/mol. The lowest BCUT2D eigenvalue weighted by molar-refractivity contribution is 0.0560. The summed E-state index contributed by atoms with van der Waals surface area (Å²) in [7, 11) is 0. The van der Waals surface area contributed by atoms with E-state index in [1.54, 1.807) is 0 Å². The van der Waals surface area contributed by atoms with Gasteiger partial charge < -0.3 is 4.74 Å². The van der Waals surface area contributed by atoms with Crippen molar-refractivity contribution in [2.75, 3.05) is 0 Å². The number of hydrogen-bond acceptors (Lipinski definition) is 1. The van der Waals surface area contributed by atoms with Gasteiger partial charge in [0.2, 0.25) is 0 Å². The molecular weight excluding hydrogens is 412 g/mol. The van der Waals surface area contributed by atoms with Crippen molar-refractivity contribution in [1.29, 1.82) is 0 Å². The second-order valence-corrected chi connectivity index (χ2v) is 9.23. The highest BCUT2D eigenvalue weighted by atomic mass is 35.5. The molecule has 3 aromatic rings. The quantitative estimate of drug-likeness (QED) is 0.354. The molecule has 4 rings (SSSR count). The minimum Gasteiger partial charge on any atom is -0.481 e. The molecule has 0 N–H and O–H groups in total. The zero-order chi connectivity index (χ0) is 22.6. The number of hydrogen-bond donors (Lipinski definition) is 0. The molecule has 1 aliphatic heterocycles. The Morgan fingerprint density at radius 1 is 0.938 bits per heavy atom. The van der Waals surface area contributed by atoms with E-state index < -0.39 is 5.60 Å². The third-order valence-corrected chi connectivity index (χ3v) is 6.32. The van der Waals surface area contributed by atoms with Crippen LogP contribution in [0.1, 0.15) is 68.7 Å². The van der Waals surface area contributed by atoms with E-state index in [0.29, 0.717) is 0 Å². The van der Waals surface area contributed by atoms with E-state index in [4.69, 9.17) is 16.3 Å². The zero-order valence-corrected chi connectivity index (χ0v) is 20.0. The number of halogens is 1. The molecule has 0 atom stereocenters. The van der Waals surface area contributed by atoms with Gasteiger partial charge in [0.25, 0.3) is 0 Å². The molecule has 1 aliphatic rings. The first-order valence-corrected chi connectivity index (χ1v) is 11.9. The van der Waals surface area contributed by atoms with Gasteiger partial charge in [-0.3, -0.25) is 0 Å². The number of ether oxygens (including phenoxy) is 1. The summed E-state index contributed by atoms with van der Waals surface area (Å²) >= 11 is 6.50. The van der Waals surface area contributed by atoms with E-state index in [9.17, 15) is 0 Å². The zero-order valence-electron chi connectivity index (χ0n) is 19.2. The molecule has 0 amide bonds. The van der Waals surface area contributed by atoms with Crippen LogP contribution in [0.5, 0.6) is 0 Å². The number of rotatable bonds is 7. The van der Waals surface area contributed by atoms with Crippen LogP contribution in [-0.2, 0) is 10.3 Å². The Bertz CT molecular complexity index is 1080. The Hall–Kier alpha value is -2.77.